The van der Waals surface area contributed by atoms with Crippen LogP contribution in [0, 0.1) is 0 Å². The Bertz CT molecular complexity index is 1600. The summed E-state index contributed by atoms with van der Waals surface area (Å²) in [5.41, 5.74) is 3.25. The Kier molecular flexibility index (Phi) is 5.08. The van der Waals surface area contributed by atoms with Crippen LogP contribution in [-0.4, -0.2) is 40.1 Å². The smallest absolute Gasteiger partial charge is 0.329 e. The zero-order valence-corrected chi connectivity index (χ0v) is 20.6. The number of hydrogen-bond acceptors (Lipinski definition) is 7. The zero-order valence-electron chi connectivity index (χ0n) is 20.6. The second-order valence-corrected chi connectivity index (χ2v) is 10.2. The molecule has 1 N–H and O–H groups in total. The van der Waals surface area contributed by atoms with Gasteiger partial charge in [-0.1, -0.05) is 36.4 Å². The summed E-state index contributed by atoms with van der Waals surface area (Å²) >= 11 is 0. The largest absolute Gasteiger partial charge is 0.458 e. The summed E-state index contributed by atoms with van der Waals surface area (Å²) in [6.45, 7) is 5.51. The molecule has 8 nitrogen and oxygen atoms in total. The van der Waals surface area contributed by atoms with E-state index in [-0.39, 0.29) is 17.1 Å². The molecule has 0 spiro atoms. The van der Waals surface area contributed by atoms with Gasteiger partial charge >= 0.3 is 5.97 Å². The van der Waals surface area contributed by atoms with Crippen molar-refractivity contribution < 1.29 is 19.1 Å². The molecule has 6 rings (SSSR count). The summed E-state index contributed by atoms with van der Waals surface area (Å²) in [7, 11) is 0. The third kappa shape index (κ3) is 3.72. The van der Waals surface area contributed by atoms with Crippen molar-refractivity contribution in [2.45, 2.75) is 38.8 Å². The highest BCUT2D eigenvalue weighted by Crippen LogP contribution is 2.41. The molecular formula is C29H24N4O4. The van der Waals surface area contributed by atoms with Gasteiger partial charge in [-0.3, -0.25) is 24.9 Å². The molecule has 1 unspecified atom stereocenters. The number of pyridine rings is 1. The molecule has 0 radical (unpaired) electrons. The van der Waals surface area contributed by atoms with Gasteiger partial charge in [-0.2, -0.15) is 0 Å². The Balaban J connectivity index is 1.52. The van der Waals surface area contributed by atoms with Crippen molar-refractivity contribution in [1.82, 2.24) is 10.3 Å². The van der Waals surface area contributed by atoms with Gasteiger partial charge in [-0.05, 0) is 43.4 Å². The maximum Gasteiger partial charge on any atom is 0.329 e. The highest BCUT2D eigenvalue weighted by atomic mass is 16.6. The maximum atomic E-state index is 13.2. The van der Waals surface area contributed by atoms with E-state index in [9.17, 15) is 14.4 Å². The number of para-hydroxylation sites is 1. The molecule has 184 valence electrons. The Hall–Kier alpha value is -4.59. The second-order valence-electron chi connectivity index (χ2n) is 10.2. The number of ether oxygens (including phenoxy) is 1. The van der Waals surface area contributed by atoms with Crippen LogP contribution in [0.15, 0.2) is 77.8 Å². The average Bonchev–Trinajstić information content (AvgIpc) is 3.29. The summed E-state index contributed by atoms with van der Waals surface area (Å²) < 4.78 is 5.69. The van der Waals surface area contributed by atoms with Gasteiger partial charge in [0.1, 0.15) is 11.6 Å². The molecule has 2 aromatic carbocycles. The fraction of sp³-hybridized carbons (Fsp3) is 0.207. The number of nitrogens with zero attached hydrogens (tertiary/aromatic N) is 3. The van der Waals surface area contributed by atoms with Crippen LogP contribution in [0.4, 0.5) is 5.69 Å². The van der Waals surface area contributed by atoms with Gasteiger partial charge in [-0.25, -0.2) is 4.79 Å². The van der Waals surface area contributed by atoms with Gasteiger partial charge in [0, 0.05) is 42.2 Å². The van der Waals surface area contributed by atoms with Crippen molar-refractivity contribution >= 4 is 45.5 Å². The van der Waals surface area contributed by atoms with Crippen LogP contribution in [0.25, 0.3) is 16.3 Å². The van der Waals surface area contributed by atoms with Crippen molar-refractivity contribution in [2.75, 3.05) is 4.90 Å². The normalized spacial score (nSPS) is 18.6. The molecule has 3 aliphatic rings. The minimum Gasteiger partial charge on any atom is -0.458 e. The number of aromatic nitrogens is 1. The number of hydrogen-bond donors (Lipinski definition) is 1. The Morgan fingerprint density at radius 3 is 2.59 bits per heavy atom. The van der Waals surface area contributed by atoms with Gasteiger partial charge in [0.2, 0.25) is 0 Å². The molecule has 1 aromatic heterocycles. The van der Waals surface area contributed by atoms with Crippen molar-refractivity contribution in [2.24, 2.45) is 4.99 Å². The van der Waals surface area contributed by atoms with Gasteiger partial charge in [-0.15, -0.1) is 0 Å². The monoisotopic (exact) mass is 492 g/mol. The van der Waals surface area contributed by atoms with E-state index in [2.05, 4.69) is 15.3 Å². The summed E-state index contributed by atoms with van der Waals surface area (Å²) in [6, 6.07) is 12.5. The van der Waals surface area contributed by atoms with Crippen LogP contribution in [0.5, 0.6) is 0 Å². The van der Waals surface area contributed by atoms with Crippen LogP contribution >= 0.6 is 0 Å². The third-order valence-electron chi connectivity index (χ3n) is 6.61. The number of benzene rings is 2. The maximum absolute atomic E-state index is 13.2. The molecule has 8 heteroatoms. The summed E-state index contributed by atoms with van der Waals surface area (Å²) in [5, 5.41) is 4.13. The number of amides is 2. The molecule has 0 saturated heterocycles. The second kappa shape index (κ2) is 8.23. The Morgan fingerprint density at radius 2 is 1.78 bits per heavy atom. The van der Waals surface area contributed by atoms with E-state index in [0.717, 1.165) is 22.0 Å². The standard InChI is InChI=1S/C29H24N4O4/c1-29(2,3)37-28(36)21-14-16-6-4-9-20-24(31-12-13-33(21)25(16)20)23-22(26(34)32-27(23)35)19-8-5-7-17-15-30-11-10-18(17)19/h4-13,15,21H,14H2,1-3H3,(H,32,34,35). The molecule has 0 fully saturated rings. The average molecular weight is 493 g/mol. The summed E-state index contributed by atoms with van der Waals surface area (Å²) in [6.07, 6.45) is 7.14. The predicted molar refractivity (Wildman–Crippen MR) is 140 cm³/mol. The molecule has 3 aromatic rings. The lowest BCUT2D eigenvalue weighted by Crippen LogP contribution is -2.40. The Labute approximate surface area is 213 Å². The lowest BCUT2D eigenvalue weighted by Gasteiger charge is -2.27. The first-order valence-corrected chi connectivity index (χ1v) is 12.0. The highest BCUT2D eigenvalue weighted by molar-refractivity contribution is 6.48. The lowest BCUT2D eigenvalue weighted by atomic mass is 9.91. The topological polar surface area (TPSA) is 101 Å². The van der Waals surface area contributed by atoms with E-state index < -0.39 is 23.5 Å². The number of carbonyl (C=O) groups excluding carboxylic acids is 3. The first kappa shape index (κ1) is 22.8. The van der Waals surface area contributed by atoms with E-state index in [1.165, 1.54) is 0 Å². The number of anilines is 1. The van der Waals surface area contributed by atoms with E-state index in [1.54, 1.807) is 24.8 Å². The van der Waals surface area contributed by atoms with E-state index >= 15 is 0 Å². The number of nitrogens with one attached hydrogen (secondary N) is 1. The molecular weight excluding hydrogens is 468 g/mol. The predicted octanol–water partition coefficient (Wildman–Crippen LogP) is 3.69. The fourth-order valence-corrected chi connectivity index (χ4v) is 5.19. The van der Waals surface area contributed by atoms with Crippen molar-refractivity contribution in [3.8, 4) is 0 Å². The number of imide groups is 1. The molecule has 3 aliphatic heterocycles. The fourth-order valence-electron chi connectivity index (χ4n) is 5.19. The number of carbonyl (C=O) groups is 3. The number of fused-ring (bicyclic) bond motifs is 1. The molecule has 4 heterocycles. The number of esters is 1. The third-order valence-corrected chi connectivity index (χ3v) is 6.61. The molecule has 0 saturated carbocycles. The minimum atomic E-state index is -0.623. The number of aliphatic imine (C=N–C) groups is 1. The van der Waals surface area contributed by atoms with Crippen LogP contribution in [0.1, 0.15) is 37.5 Å². The van der Waals surface area contributed by atoms with Crippen LogP contribution in [-0.2, 0) is 25.5 Å². The van der Waals surface area contributed by atoms with Gasteiger partial charge in [0.25, 0.3) is 11.8 Å². The quantitative estimate of drug-likeness (QED) is 0.442. The first-order chi connectivity index (χ1) is 17.7. The van der Waals surface area contributed by atoms with Gasteiger partial charge in [0.05, 0.1) is 22.5 Å². The molecule has 37 heavy (non-hydrogen) atoms. The van der Waals surface area contributed by atoms with Gasteiger partial charge in [0.15, 0.2) is 0 Å². The Morgan fingerprint density at radius 1 is 1.03 bits per heavy atom. The number of rotatable bonds is 3. The molecule has 2 amide bonds. The first-order valence-electron chi connectivity index (χ1n) is 12.0. The van der Waals surface area contributed by atoms with Crippen LogP contribution in [0.2, 0.25) is 0 Å². The minimum absolute atomic E-state index is 0.204. The van der Waals surface area contributed by atoms with E-state index in [4.69, 9.17) is 4.74 Å². The summed E-state index contributed by atoms with van der Waals surface area (Å²) in [5.74, 6) is -1.32. The zero-order chi connectivity index (χ0) is 25.9. The van der Waals surface area contributed by atoms with Crippen molar-refractivity contribution in [3.63, 3.8) is 0 Å². The van der Waals surface area contributed by atoms with Gasteiger partial charge < -0.3 is 9.64 Å². The molecule has 0 bridgehead atoms. The van der Waals surface area contributed by atoms with E-state index in [0.29, 0.717) is 23.3 Å². The van der Waals surface area contributed by atoms with Crippen LogP contribution < -0.4 is 10.2 Å². The van der Waals surface area contributed by atoms with Crippen LogP contribution in [0.3, 0.4) is 0 Å². The highest BCUT2D eigenvalue weighted by Gasteiger charge is 2.42. The van der Waals surface area contributed by atoms with Crippen molar-refractivity contribution in [3.05, 3.63) is 89.5 Å². The lowest BCUT2D eigenvalue weighted by molar-refractivity contribution is -0.156. The summed E-state index contributed by atoms with van der Waals surface area (Å²) in [4.78, 5) is 50.1. The van der Waals surface area contributed by atoms with E-state index in [1.807, 2.05) is 68.1 Å². The molecule has 0 aliphatic carbocycles. The SMILES string of the molecule is CC(C)(C)OC(=O)C1Cc2cccc3c2N1C=CN=C3C1=C(c2cccc3cnccc23)C(=O)NC1=O. The van der Waals surface area contributed by atoms with Crippen molar-refractivity contribution in [1.29, 1.82) is 0 Å². The molecule has 1 atom stereocenters.